The number of sulfonamides is 1. The minimum absolute atomic E-state index is 0.0114. The van der Waals surface area contributed by atoms with Crippen molar-refractivity contribution in [3.05, 3.63) is 65.7 Å². The average Bonchev–Trinajstić information content (AvgIpc) is 3.25. The van der Waals surface area contributed by atoms with Crippen LogP contribution in [0, 0.1) is 24.7 Å². The Morgan fingerprint density at radius 2 is 1.70 bits per heavy atom. The first-order valence-electron chi connectivity index (χ1n) is 11.8. The van der Waals surface area contributed by atoms with Gasteiger partial charge in [-0.15, -0.1) is 0 Å². The number of hydrogen-bond acceptors (Lipinski definition) is 5. The Bertz CT molecular complexity index is 1020. The molecule has 1 aliphatic heterocycles. The molecular formula is C26H35NO5S. The Labute approximate surface area is 197 Å². The van der Waals surface area contributed by atoms with Crippen LogP contribution in [0.3, 0.4) is 0 Å². The van der Waals surface area contributed by atoms with Gasteiger partial charge in [-0.2, -0.15) is 4.31 Å². The highest BCUT2D eigenvalue weighted by Crippen LogP contribution is 2.44. The minimum Gasteiger partial charge on any atom is -0.392 e. The molecule has 7 heteroatoms. The second-order valence-electron chi connectivity index (χ2n) is 9.78. The summed E-state index contributed by atoms with van der Waals surface area (Å²) in [7, 11) is -3.89. The molecule has 6 atom stereocenters. The number of aliphatic hydroxyl groups is 2. The Kier molecular flexibility index (Phi) is 7.26. The molecule has 1 heterocycles. The van der Waals surface area contributed by atoms with Crippen LogP contribution in [-0.4, -0.2) is 48.0 Å². The van der Waals surface area contributed by atoms with Gasteiger partial charge in [-0.05, 0) is 43.4 Å². The summed E-state index contributed by atoms with van der Waals surface area (Å²) in [6.07, 6.45) is -0.100. The summed E-state index contributed by atoms with van der Waals surface area (Å²) in [5, 5.41) is 22.0. The van der Waals surface area contributed by atoms with Gasteiger partial charge in [0.15, 0.2) is 0 Å². The normalized spacial score (nSPS) is 29.9. The maximum absolute atomic E-state index is 13.9. The van der Waals surface area contributed by atoms with E-state index in [9.17, 15) is 18.6 Å². The largest absolute Gasteiger partial charge is 0.392 e. The van der Waals surface area contributed by atoms with E-state index in [1.165, 1.54) is 4.31 Å². The first kappa shape index (κ1) is 24.4. The van der Waals surface area contributed by atoms with E-state index in [2.05, 4.69) is 0 Å². The zero-order valence-corrected chi connectivity index (χ0v) is 20.4. The number of aliphatic hydroxyl groups excluding tert-OH is 2. The Balaban J connectivity index is 1.73. The molecule has 0 radical (unpaired) electrons. The predicted octanol–water partition coefficient (Wildman–Crippen LogP) is 3.88. The second kappa shape index (κ2) is 9.84. The molecule has 2 fully saturated rings. The van der Waals surface area contributed by atoms with Crippen LogP contribution in [0.1, 0.15) is 50.3 Å². The van der Waals surface area contributed by atoms with Crippen molar-refractivity contribution in [2.24, 2.45) is 17.8 Å². The molecule has 0 aromatic heterocycles. The molecule has 1 aliphatic carbocycles. The first-order chi connectivity index (χ1) is 15.7. The molecular weight excluding hydrogens is 438 g/mol. The maximum atomic E-state index is 13.9. The molecule has 0 amide bonds. The van der Waals surface area contributed by atoms with Crippen molar-refractivity contribution in [1.82, 2.24) is 4.31 Å². The average molecular weight is 474 g/mol. The summed E-state index contributed by atoms with van der Waals surface area (Å²) in [5.41, 5.74) is 1.84. The van der Waals surface area contributed by atoms with Crippen molar-refractivity contribution in [2.75, 3.05) is 6.61 Å². The molecule has 33 heavy (non-hydrogen) atoms. The highest BCUT2D eigenvalue weighted by Gasteiger charge is 2.51. The monoisotopic (exact) mass is 473 g/mol. The summed E-state index contributed by atoms with van der Waals surface area (Å²) < 4.78 is 35.5. The first-order valence-corrected chi connectivity index (χ1v) is 13.3. The smallest absolute Gasteiger partial charge is 0.245 e. The zero-order chi connectivity index (χ0) is 23.8. The van der Waals surface area contributed by atoms with Crippen LogP contribution in [0.15, 0.2) is 59.5 Å². The summed E-state index contributed by atoms with van der Waals surface area (Å²) in [5.74, 6) is -0.699. The lowest BCUT2D eigenvalue weighted by atomic mass is 9.73. The van der Waals surface area contributed by atoms with Gasteiger partial charge in [-0.25, -0.2) is 8.42 Å². The van der Waals surface area contributed by atoms with E-state index < -0.39 is 40.4 Å². The molecule has 2 aliphatic rings. The molecule has 6 nitrogen and oxygen atoms in total. The van der Waals surface area contributed by atoms with Gasteiger partial charge in [0.05, 0.1) is 29.8 Å². The van der Waals surface area contributed by atoms with Crippen molar-refractivity contribution in [3.63, 3.8) is 0 Å². The van der Waals surface area contributed by atoms with Gasteiger partial charge in [-0.1, -0.05) is 68.3 Å². The fraction of sp³-hybridized carbons (Fsp3) is 0.538. The maximum Gasteiger partial charge on any atom is 0.245 e. The van der Waals surface area contributed by atoms with Crippen LogP contribution < -0.4 is 0 Å². The van der Waals surface area contributed by atoms with E-state index >= 15 is 0 Å². The Hall–Kier alpha value is -1.77. The number of ether oxygens (including phenoxy) is 1. The number of rotatable bonds is 6. The van der Waals surface area contributed by atoms with E-state index in [1.54, 1.807) is 24.3 Å². The lowest BCUT2D eigenvalue weighted by Crippen LogP contribution is -2.51. The van der Waals surface area contributed by atoms with Gasteiger partial charge < -0.3 is 14.9 Å². The lowest BCUT2D eigenvalue weighted by molar-refractivity contribution is -0.110. The van der Waals surface area contributed by atoms with Crippen molar-refractivity contribution in [2.45, 2.75) is 69.4 Å². The van der Waals surface area contributed by atoms with Crippen LogP contribution in [-0.2, 0) is 14.8 Å². The van der Waals surface area contributed by atoms with Gasteiger partial charge in [-0.3, -0.25) is 0 Å². The van der Waals surface area contributed by atoms with Gasteiger partial charge in [0.2, 0.25) is 10.0 Å². The molecule has 1 saturated heterocycles. The lowest BCUT2D eigenvalue weighted by Gasteiger charge is -2.42. The molecule has 180 valence electrons. The molecule has 2 N–H and O–H groups in total. The molecule has 2 aromatic carbocycles. The Morgan fingerprint density at radius 1 is 1.03 bits per heavy atom. The fourth-order valence-corrected chi connectivity index (χ4v) is 7.04. The van der Waals surface area contributed by atoms with Crippen LogP contribution in [0.2, 0.25) is 0 Å². The standard InChI is InChI=1S/C26H35NO5S/c1-17(2)24(28)21-10-7-11-22(25(21)29)26-27(23(16-32-26)19-8-5-4-6-9-19)33(30,31)20-14-12-18(3)13-15-20/h4-6,8-9,12-15,17,21-26,28-29H,7,10-11,16H2,1-3H3/t21-,22+,23-,24-,25-,26+/m0/s1. The highest BCUT2D eigenvalue weighted by molar-refractivity contribution is 7.89. The van der Waals surface area contributed by atoms with E-state index in [-0.39, 0.29) is 23.3 Å². The SMILES string of the molecule is Cc1ccc(S(=O)(=O)N2[C@@H]([C@@H]3CCC[C@@H]([C@@H](O)C(C)C)[C@@H]3O)OC[C@H]2c2ccccc2)cc1. The van der Waals surface area contributed by atoms with Crippen molar-refractivity contribution >= 4 is 10.0 Å². The summed E-state index contributed by atoms with van der Waals surface area (Å²) in [6.45, 7) is 6.02. The molecule has 4 rings (SSSR count). The number of aryl methyl sites for hydroxylation is 1. The third kappa shape index (κ3) is 4.75. The van der Waals surface area contributed by atoms with Gasteiger partial charge in [0, 0.05) is 11.8 Å². The van der Waals surface area contributed by atoms with Crippen LogP contribution in [0.25, 0.3) is 0 Å². The quantitative estimate of drug-likeness (QED) is 0.665. The van der Waals surface area contributed by atoms with Crippen molar-refractivity contribution in [3.8, 4) is 0 Å². The summed E-state index contributed by atoms with van der Waals surface area (Å²) in [4.78, 5) is 0.216. The second-order valence-corrected chi connectivity index (χ2v) is 11.6. The molecule has 2 aromatic rings. The van der Waals surface area contributed by atoms with Crippen LogP contribution in [0.5, 0.6) is 0 Å². The van der Waals surface area contributed by atoms with Gasteiger partial charge >= 0.3 is 0 Å². The van der Waals surface area contributed by atoms with Crippen LogP contribution in [0.4, 0.5) is 0 Å². The third-order valence-electron chi connectivity index (χ3n) is 7.20. The van der Waals surface area contributed by atoms with Gasteiger partial charge in [0.25, 0.3) is 0 Å². The highest BCUT2D eigenvalue weighted by atomic mass is 32.2. The minimum atomic E-state index is -3.89. The van der Waals surface area contributed by atoms with Gasteiger partial charge in [0.1, 0.15) is 6.23 Å². The number of hydrogen-bond donors (Lipinski definition) is 2. The van der Waals surface area contributed by atoms with E-state index in [0.29, 0.717) is 6.42 Å². The molecule has 0 bridgehead atoms. The summed E-state index contributed by atoms with van der Waals surface area (Å²) in [6, 6.07) is 15.9. The third-order valence-corrected chi connectivity index (χ3v) is 9.09. The van der Waals surface area contributed by atoms with Crippen molar-refractivity contribution < 1.29 is 23.4 Å². The van der Waals surface area contributed by atoms with E-state index in [1.807, 2.05) is 51.1 Å². The van der Waals surface area contributed by atoms with Crippen molar-refractivity contribution in [1.29, 1.82) is 0 Å². The molecule has 1 saturated carbocycles. The molecule has 0 spiro atoms. The summed E-state index contributed by atoms with van der Waals surface area (Å²) >= 11 is 0. The number of nitrogens with zero attached hydrogens (tertiary/aromatic N) is 1. The van der Waals surface area contributed by atoms with E-state index in [0.717, 1.165) is 24.0 Å². The molecule has 0 unspecified atom stereocenters. The van der Waals surface area contributed by atoms with Crippen LogP contribution >= 0.6 is 0 Å². The number of benzene rings is 2. The Morgan fingerprint density at radius 3 is 2.33 bits per heavy atom. The topological polar surface area (TPSA) is 87.1 Å². The predicted molar refractivity (Wildman–Crippen MR) is 127 cm³/mol. The zero-order valence-electron chi connectivity index (χ0n) is 19.5. The fourth-order valence-electron chi connectivity index (χ4n) is 5.31. The van der Waals surface area contributed by atoms with E-state index in [4.69, 9.17) is 4.74 Å².